The number of nitrogens with zero attached hydrogens (tertiary/aromatic N) is 1. The van der Waals surface area contributed by atoms with Gasteiger partial charge in [-0.3, -0.25) is 4.79 Å². The van der Waals surface area contributed by atoms with Gasteiger partial charge < -0.3 is 14.7 Å². The van der Waals surface area contributed by atoms with Gasteiger partial charge in [0.15, 0.2) is 0 Å². The molecule has 1 aliphatic heterocycles. The molecule has 2 atom stereocenters. The molecule has 102 valence electrons. The fourth-order valence-electron chi connectivity index (χ4n) is 2.65. The molecule has 1 fully saturated rings. The third kappa shape index (κ3) is 2.54. The number of carbonyl (C=O) groups is 2. The third-order valence-corrected chi connectivity index (χ3v) is 3.60. The second-order valence-corrected chi connectivity index (χ2v) is 4.66. The quantitative estimate of drug-likeness (QED) is 0.897. The number of amides is 1. The number of hydrogen-bond donors (Lipinski definition) is 1. The SMILES string of the molecule is COc1ccc([C@@H]2CCN(C(C)=O)[C@H]2C(=O)O)cc1. The maximum atomic E-state index is 11.5. The number of carboxylic acid groups (broad SMARTS) is 1. The number of hydrogen-bond acceptors (Lipinski definition) is 3. The van der Waals surface area contributed by atoms with Gasteiger partial charge in [0.05, 0.1) is 7.11 Å². The van der Waals surface area contributed by atoms with Crippen LogP contribution in [-0.2, 0) is 9.59 Å². The van der Waals surface area contributed by atoms with Gasteiger partial charge in [-0.2, -0.15) is 0 Å². The van der Waals surface area contributed by atoms with E-state index in [1.807, 2.05) is 24.3 Å². The molecule has 19 heavy (non-hydrogen) atoms. The molecule has 0 unspecified atom stereocenters. The molecule has 5 nitrogen and oxygen atoms in total. The van der Waals surface area contributed by atoms with Gasteiger partial charge in [0.1, 0.15) is 11.8 Å². The summed E-state index contributed by atoms with van der Waals surface area (Å²) in [5.41, 5.74) is 0.928. The molecule has 1 N–H and O–H groups in total. The molecule has 2 rings (SSSR count). The Morgan fingerprint density at radius 3 is 2.42 bits per heavy atom. The normalized spacial score (nSPS) is 22.3. The van der Waals surface area contributed by atoms with Crippen LogP contribution in [0.3, 0.4) is 0 Å². The fourth-order valence-corrected chi connectivity index (χ4v) is 2.65. The molecule has 0 aromatic heterocycles. The second kappa shape index (κ2) is 5.30. The smallest absolute Gasteiger partial charge is 0.327 e. The highest BCUT2D eigenvalue weighted by Gasteiger charge is 2.41. The molecule has 0 radical (unpaired) electrons. The van der Waals surface area contributed by atoms with Crippen molar-refractivity contribution in [3.05, 3.63) is 29.8 Å². The van der Waals surface area contributed by atoms with Gasteiger partial charge in [-0.25, -0.2) is 4.79 Å². The van der Waals surface area contributed by atoms with E-state index in [1.54, 1.807) is 7.11 Å². The zero-order chi connectivity index (χ0) is 14.0. The van der Waals surface area contributed by atoms with Crippen molar-refractivity contribution < 1.29 is 19.4 Å². The summed E-state index contributed by atoms with van der Waals surface area (Å²) in [7, 11) is 1.59. The Bertz CT molecular complexity index is 483. The van der Waals surface area contributed by atoms with E-state index in [0.717, 1.165) is 11.3 Å². The van der Waals surface area contributed by atoms with E-state index in [2.05, 4.69) is 0 Å². The van der Waals surface area contributed by atoms with Crippen molar-refractivity contribution in [3.8, 4) is 5.75 Å². The predicted molar refractivity (Wildman–Crippen MR) is 69.2 cm³/mol. The van der Waals surface area contributed by atoms with E-state index in [-0.39, 0.29) is 11.8 Å². The Balaban J connectivity index is 2.27. The Morgan fingerprint density at radius 2 is 1.95 bits per heavy atom. The van der Waals surface area contributed by atoms with Gasteiger partial charge in [0.2, 0.25) is 5.91 Å². The Kier molecular flexibility index (Phi) is 3.74. The molecule has 0 bridgehead atoms. The van der Waals surface area contributed by atoms with E-state index >= 15 is 0 Å². The number of methoxy groups -OCH3 is 1. The molecular formula is C14H17NO4. The number of aliphatic carboxylic acids is 1. The summed E-state index contributed by atoms with van der Waals surface area (Å²) in [5.74, 6) is -0.568. The van der Waals surface area contributed by atoms with E-state index in [0.29, 0.717) is 13.0 Å². The highest BCUT2D eigenvalue weighted by molar-refractivity contribution is 5.84. The molecule has 0 saturated carbocycles. The average Bonchev–Trinajstić information content (AvgIpc) is 2.83. The summed E-state index contributed by atoms with van der Waals surface area (Å²) >= 11 is 0. The Morgan fingerprint density at radius 1 is 1.32 bits per heavy atom. The van der Waals surface area contributed by atoms with Crippen molar-refractivity contribution in [2.75, 3.05) is 13.7 Å². The summed E-state index contributed by atoms with van der Waals surface area (Å²) in [5, 5.41) is 9.35. The van der Waals surface area contributed by atoms with E-state index in [9.17, 15) is 14.7 Å². The predicted octanol–water partition coefficient (Wildman–Crippen LogP) is 1.48. The van der Waals surface area contributed by atoms with Crippen LogP contribution < -0.4 is 4.74 Å². The van der Waals surface area contributed by atoms with Crippen LogP contribution in [0.15, 0.2) is 24.3 Å². The molecule has 1 aliphatic rings. The molecule has 1 aromatic rings. The van der Waals surface area contributed by atoms with Crippen molar-refractivity contribution >= 4 is 11.9 Å². The largest absolute Gasteiger partial charge is 0.497 e. The number of benzene rings is 1. The summed E-state index contributed by atoms with van der Waals surface area (Å²) < 4.78 is 5.08. The number of likely N-dealkylation sites (tertiary alicyclic amines) is 1. The molecule has 0 spiro atoms. The number of carbonyl (C=O) groups excluding carboxylic acids is 1. The van der Waals surface area contributed by atoms with Crippen LogP contribution >= 0.6 is 0 Å². The van der Waals surface area contributed by atoms with Gasteiger partial charge in [0.25, 0.3) is 0 Å². The van der Waals surface area contributed by atoms with Crippen LogP contribution in [-0.4, -0.2) is 41.6 Å². The number of carboxylic acids is 1. The molecule has 1 heterocycles. The minimum atomic E-state index is -0.950. The first-order valence-electron chi connectivity index (χ1n) is 6.18. The number of rotatable bonds is 3. The lowest BCUT2D eigenvalue weighted by molar-refractivity contribution is -0.147. The molecule has 1 amide bonds. The van der Waals surface area contributed by atoms with Crippen LogP contribution in [0.2, 0.25) is 0 Å². The standard InChI is InChI=1S/C14H17NO4/c1-9(16)15-8-7-12(13(15)14(17)18)10-3-5-11(19-2)6-4-10/h3-6,12-13H,7-8H2,1-2H3,(H,17,18)/t12-,13+/m0/s1. The van der Waals surface area contributed by atoms with Crippen molar-refractivity contribution in [3.63, 3.8) is 0 Å². The summed E-state index contributed by atoms with van der Waals surface area (Å²) in [4.78, 5) is 24.3. The van der Waals surface area contributed by atoms with Gasteiger partial charge in [-0.15, -0.1) is 0 Å². The maximum Gasteiger partial charge on any atom is 0.327 e. The van der Waals surface area contributed by atoms with Crippen LogP contribution in [0.1, 0.15) is 24.8 Å². The average molecular weight is 263 g/mol. The van der Waals surface area contributed by atoms with Gasteiger partial charge in [0, 0.05) is 19.4 Å². The van der Waals surface area contributed by atoms with E-state index in [1.165, 1.54) is 11.8 Å². The lowest BCUT2D eigenvalue weighted by Crippen LogP contribution is -2.41. The van der Waals surface area contributed by atoms with Crippen molar-refractivity contribution in [2.24, 2.45) is 0 Å². The molecule has 1 aromatic carbocycles. The lowest BCUT2D eigenvalue weighted by atomic mass is 9.91. The van der Waals surface area contributed by atoms with Crippen molar-refractivity contribution in [1.82, 2.24) is 4.90 Å². The van der Waals surface area contributed by atoms with Crippen LogP contribution in [0.4, 0.5) is 0 Å². The maximum absolute atomic E-state index is 11.5. The van der Waals surface area contributed by atoms with E-state index < -0.39 is 12.0 Å². The minimum Gasteiger partial charge on any atom is -0.497 e. The molecular weight excluding hydrogens is 246 g/mol. The summed E-state index contributed by atoms with van der Waals surface area (Å²) in [6.07, 6.45) is 0.670. The number of ether oxygens (including phenoxy) is 1. The first-order valence-corrected chi connectivity index (χ1v) is 6.18. The van der Waals surface area contributed by atoms with Crippen LogP contribution in [0.5, 0.6) is 5.75 Å². The van der Waals surface area contributed by atoms with Gasteiger partial charge in [-0.1, -0.05) is 12.1 Å². The first kappa shape index (κ1) is 13.4. The summed E-state index contributed by atoms with van der Waals surface area (Å²) in [6, 6.07) is 6.58. The van der Waals surface area contributed by atoms with E-state index in [4.69, 9.17) is 4.74 Å². The van der Waals surface area contributed by atoms with Crippen molar-refractivity contribution in [2.45, 2.75) is 25.3 Å². The van der Waals surface area contributed by atoms with Crippen LogP contribution in [0.25, 0.3) is 0 Å². The Hall–Kier alpha value is -2.04. The monoisotopic (exact) mass is 263 g/mol. The van der Waals surface area contributed by atoms with Gasteiger partial charge >= 0.3 is 5.97 Å². The van der Waals surface area contributed by atoms with Crippen molar-refractivity contribution in [1.29, 1.82) is 0 Å². The molecule has 0 aliphatic carbocycles. The zero-order valence-corrected chi connectivity index (χ0v) is 11.0. The molecule has 1 saturated heterocycles. The topological polar surface area (TPSA) is 66.8 Å². The highest BCUT2D eigenvalue weighted by atomic mass is 16.5. The summed E-state index contributed by atoms with van der Waals surface area (Å²) in [6.45, 7) is 1.90. The lowest BCUT2D eigenvalue weighted by Gasteiger charge is -2.23. The van der Waals surface area contributed by atoms with Crippen LogP contribution in [0, 0.1) is 0 Å². The highest BCUT2D eigenvalue weighted by Crippen LogP contribution is 2.34. The Labute approximate surface area is 111 Å². The van der Waals surface area contributed by atoms with Gasteiger partial charge in [-0.05, 0) is 24.1 Å². The minimum absolute atomic E-state index is 0.160. The first-order chi connectivity index (χ1) is 9.04. The second-order valence-electron chi connectivity index (χ2n) is 4.66. The fraction of sp³-hybridized carbons (Fsp3) is 0.429. The zero-order valence-electron chi connectivity index (χ0n) is 11.0. The molecule has 5 heteroatoms. The third-order valence-electron chi connectivity index (χ3n) is 3.60.